The Morgan fingerprint density at radius 3 is 3.00 bits per heavy atom. The molecule has 19 heavy (non-hydrogen) atoms. The number of carbonyl (C=O) groups excluding carboxylic acids is 1. The lowest BCUT2D eigenvalue weighted by Gasteiger charge is -2.10. The van der Waals surface area contributed by atoms with Gasteiger partial charge in [0, 0.05) is 24.1 Å². The number of hydrogen-bond donors (Lipinski definition) is 1. The fourth-order valence-corrected chi connectivity index (χ4v) is 2.57. The van der Waals surface area contributed by atoms with Crippen molar-refractivity contribution in [2.45, 2.75) is 23.8 Å². The quantitative estimate of drug-likeness (QED) is 0.845. The van der Waals surface area contributed by atoms with Gasteiger partial charge in [0.05, 0.1) is 11.9 Å². The highest BCUT2D eigenvalue weighted by Gasteiger charge is 2.16. The molecule has 0 spiro atoms. The minimum absolute atomic E-state index is 0.0940. The first-order valence-electron chi connectivity index (χ1n) is 6.11. The molecule has 104 valence electrons. The van der Waals surface area contributed by atoms with E-state index >= 15 is 0 Å². The van der Waals surface area contributed by atoms with E-state index in [0.29, 0.717) is 6.54 Å². The van der Waals surface area contributed by atoms with Crippen LogP contribution in [0.4, 0.5) is 8.78 Å². The van der Waals surface area contributed by atoms with Crippen LogP contribution in [0.3, 0.4) is 0 Å². The molecule has 0 aromatic heterocycles. The van der Waals surface area contributed by atoms with Gasteiger partial charge in [0.25, 0.3) is 0 Å². The summed E-state index contributed by atoms with van der Waals surface area (Å²) < 4.78 is 31.4. The second-order valence-electron chi connectivity index (χ2n) is 4.30. The molecule has 1 aromatic carbocycles. The Balaban J connectivity index is 1.73. The maximum atomic E-state index is 13.3. The number of benzene rings is 1. The molecule has 1 saturated heterocycles. The lowest BCUT2D eigenvalue weighted by atomic mass is 10.2. The molecule has 1 unspecified atom stereocenters. The molecule has 2 rings (SSSR count). The molecule has 1 aromatic rings. The number of nitrogens with one attached hydrogen (secondary N) is 1. The zero-order chi connectivity index (χ0) is 13.7. The molecule has 1 amide bonds. The summed E-state index contributed by atoms with van der Waals surface area (Å²) in [6.07, 6.45) is 2.08. The van der Waals surface area contributed by atoms with Crippen molar-refractivity contribution in [2.24, 2.45) is 0 Å². The van der Waals surface area contributed by atoms with Gasteiger partial charge in [-0.3, -0.25) is 4.79 Å². The van der Waals surface area contributed by atoms with Gasteiger partial charge in [-0.25, -0.2) is 8.78 Å². The lowest BCUT2D eigenvalue weighted by molar-refractivity contribution is -0.119. The van der Waals surface area contributed by atoms with Gasteiger partial charge in [0.1, 0.15) is 11.6 Å². The van der Waals surface area contributed by atoms with Gasteiger partial charge < -0.3 is 10.1 Å². The van der Waals surface area contributed by atoms with E-state index in [1.165, 1.54) is 12.1 Å². The van der Waals surface area contributed by atoms with Crippen molar-refractivity contribution >= 4 is 17.7 Å². The first-order chi connectivity index (χ1) is 9.15. The third-order valence-electron chi connectivity index (χ3n) is 2.80. The molecule has 1 aliphatic rings. The molecule has 1 heterocycles. The fraction of sp³-hybridized carbons (Fsp3) is 0.462. The molecule has 0 aliphatic carbocycles. The van der Waals surface area contributed by atoms with Gasteiger partial charge in [0.2, 0.25) is 5.91 Å². The molecule has 0 saturated carbocycles. The fourth-order valence-electron chi connectivity index (χ4n) is 1.82. The highest BCUT2D eigenvalue weighted by molar-refractivity contribution is 8.00. The first kappa shape index (κ1) is 14.3. The van der Waals surface area contributed by atoms with Crippen LogP contribution in [0.15, 0.2) is 23.1 Å². The molecule has 3 nitrogen and oxygen atoms in total. The number of halogens is 2. The van der Waals surface area contributed by atoms with Crippen LogP contribution in [-0.4, -0.2) is 30.9 Å². The predicted octanol–water partition coefficient (Wildman–Crippen LogP) is 2.35. The van der Waals surface area contributed by atoms with Gasteiger partial charge in [-0.1, -0.05) is 0 Å². The van der Waals surface area contributed by atoms with Crippen molar-refractivity contribution < 1.29 is 18.3 Å². The summed E-state index contributed by atoms with van der Waals surface area (Å²) in [5.74, 6) is -1.33. The predicted molar refractivity (Wildman–Crippen MR) is 69.1 cm³/mol. The maximum Gasteiger partial charge on any atom is 0.230 e. The average Bonchev–Trinajstić information content (AvgIpc) is 2.88. The van der Waals surface area contributed by atoms with Crippen molar-refractivity contribution in [2.75, 3.05) is 18.9 Å². The van der Waals surface area contributed by atoms with E-state index in [0.717, 1.165) is 37.3 Å². The second-order valence-corrected chi connectivity index (χ2v) is 5.32. The highest BCUT2D eigenvalue weighted by Crippen LogP contribution is 2.22. The summed E-state index contributed by atoms with van der Waals surface area (Å²) >= 11 is 1.05. The molecule has 6 heteroatoms. The van der Waals surface area contributed by atoms with Crippen LogP contribution < -0.4 is 5.32 Å². The maximum absolute atomic E-state index is 13.3. The molecule has 1 N–H and O–H groups in total. The number of amides is 1. The van der Waals surface area contributed by atoms with Crippen LogP contribution in [0.25, 0.3) is 0 Å². The third-order valence-corrected chi connectivity index (χ3v) is 3.85. The summed E-state index contributed by atoms with van der Waals surface area (Å²) in [6.45, 7) is 1.24. The van der Waals surface area contributed by atoms with Crippen LogP contribution >= 0.6 is 11.8 Å². The smallest absolute Gasteiger partial charge is 0.230 e. The van der Waals surface area contributed by atoms with Crippen LogP contribution in [0.2, 0.25) is 0 Å². The third kappa shape index (κ3) is 4.47. The highest BCUT2D eigenvalue weighted by atomic mass is 32.2. The molecule has 0 bridgehead atoms. The van der Waals surface area contributed by atoms with Crippen LogP contribution in [0.1, 0.15) is 12.8 Å². The van der Waals surface area contributed by atoms with E-state index < -0.39 is 11.6 Å². The van der Waals surface area contributed by atoms with E-state index in [2.05, 4.69) is 5.32 Å². The Labute approximate surface area is 114 Å². The Morgan fingerprint density at radius 1 is 1.47 bits per heavy atom. The largest absolute Gasteiger partial charge is 0.376 e. The number of thioether (sulfide) groups is 1. The zero-order valence-corrected chi connectivity index (χ0v) is 11.1. The Hall–Kier alpha value is -1.14. The topological polar surface area (TPSA) is 38.3 Å². The minimum Gasteiger partial charge on any atom is -0.376 e. The lowest BCUT2D eigenvalue weighted by Crippen LogP contribution is -2.32. The summed E-state index contributed by atoms with van der Waals surface area (Å²) in [5.41, 5.74) is 0. The van der Waals surface area contributed by atoms with Crippen LogP contribution in [0.5, 0.6) is 0 Å². The standard InChI is InChI=1S/C13H15F2NO2S/c14-9-3-4-12(11(15)6-9)19-8-13(17)16-7-10-2-1-5-18-10/h3-4,6,10H,1-2,5,7-8H2,(H,16,17). The number of hydrogen-bond acceptors (Lipinski definition) is 3. The summed E-state index contributed by atoms with van der Waals surface area (Å²) in [4.78, 5) is 11.8. The molecular formula is C13H15F2NO2S. The van der Waals surface area contributed by atoms with E-state index in [1.807, 2.05) is 0 Å². The van der Waals surface area contributed by atoms with Crippen molar-refractivity contribution in [3.8, 4) is 0 Å². The Morgan fingerprint density at radius 2 is 2.32 bits per heavy atom. The number of carbonyl (C=O) groups is 1. The second kappa shape index (κ2) is 6.86. The molecule has 0 radical (unpaired) electrons. The van der Waals surface area contributed by atoms with Gasteiger partial charge in [0.15, 0.2) is 0 Å². The summed E-state index contributed by atoms with van der Waals surface area (Å²) in [5, 5.41) is 2.74. The average molecular weight is 287 g/mol. The van der Waals surface area contributed by atoms with Gasteiger partial charge in [-0.05, 0) is 25.0 Å². The summed E-state index contributed by atoms with van der Waals surface area (Å²) in [6, 6.07) is 3.32. The van der Waals surface area contributed by atoms with Crippen LogP contribution in [0, 0.1) is 11.6 Å². The van der Waals surface area contributed by atoms with E-state index in [9.17, 15) is 13.6 Å². The summed E-state index contributed by atoms with van der Waals surface area (Å²) in [7, 11) is 0. The SMILES string of the molecule is O=C(CSc1ccc(F)cc1F)NCC1CCCO1. The van der Waals surface area contributed by atoms with Gasteiger partial charge >= 0.3 is 0 Å². The van der Waals surface area contributed by atoms with E-state index in [-0.39, 0.29) is 22.7 Å². The first-order valence-corrected chi connectivity index (χ1v) is 7.10. The normalized spacial score (nSPS) is 18.5. The van der Waals surface area contributed by atoms with Crippen molar-refractivity contribution in [3.05, 3.63) is 29.8 Å². The molecule has 1 aliphatic heterocycles. The van der Waals surface area contributed by atoms with Gasteiger partial charge in [-0.15, -0.1) is 11.8 Å². The zero-order valence-electron chi connectivity index (χ0n) is 10.3. The number of rotatable bonds is 5. The Kier molecular flexibility index (Phi) is 5.15. The van der Waals surface area contributed by atoms with E-state index in [1.54, 1.807) is 0 Å². The number of ether oxygens (including phenoxy) is 1. The Bertz CT molecular complexity index is 450. The van der Waals surface area contributed by atoms with Gasteiger partial charge in [-0.2, -0.15) is 0 Å². The molecule has 1 fully saturated rings. The van der Waals surface area contributed by atoms with Crippen LogP contribution in [-0.2, 0) is 9.53 Å². The van der Waals surface area contributed by atoms with E-state index in [4.69, 9.17) is 4.74 Å². The molecular weight excluding hydrogens is 272 g/mol. The van der Waals surface area contributed by atoms with Crippen molar-refractivity contribution in [1.82, 2.24) is 5.32 Å². The molecule has 1 atom stereocenters. The monoisotopic (exact) mass is 287 g/mol. The van der Waals surface area contributed by atoms with Crippen molar-refractivity contribution in [1.29, 1.82) is 0 Å². The van der Waals surface area contributed by atoms with Crippen molar-refractivity contribution in [3.63, 3.8) is 0 Å². The minimum atomic E-state index is -0.642.